The lowest BCUT2D eigenvalue weighted by molar-refractivity contribution is 0.175. The molecular formula is C21H22ClNO2. The highest BCUT2D eigenvalue weighted by molar-refractivity contribution is 6.32. The fraction of sp³-hybridized carbons (Fsp3) is 0.238. The van der Waals surface area contributed by atoms with Crippen molar-refractivity contribution in [1.82, 2.24) is 5.32 Å². The normalized spacial score (nSPS) is 12.3. The Hall–Kier alpha value is -2.07. The molecule has 4 heteroatoms. The van der Waals surface area contributed by atoms with E-state index >= 15 is 0 Å². The molecule has 0 radical (unpaired) electrons. The van der Waals surface area contributed by atoms with Gasteiger partial charge in [-0.25, -0.2) is 0 Å². The molecule has 0 fully saturated rings. The Bertz CT molecular complexity index is 850. The number of ether oxygens (including phenoxy) is 1. The molecule has 0 saturated heterocycles. The Morgan fingerprint density at radius 1 is 1.04 bits per heavy atom. The molecule has 2 N–H and O–H groups in total. The predicted octanol–water partition coefficient (Wildman–Crippen LogP) is 4.37. The van der Waals surface area contributed by atoms with Crippen molar-refractivity contribution in [2.45, 2.75) is 12.5 Å². The van der Waals surface area contributed by atoms with E-state index in [1.54, 1.807) is 7.11 Å². The van der Waals surface area contributed by atoms with Crippen LogP contribution in [0.2, 0.25) is 5.02 Å². The maximum absolute atomic E-state index is 10.4. The molecule has 130 valence electrons. The topological polar surface area (TPSA) is 41.5 Å². The summed E-state index contributed by atoms with van der Waals surface area (Å²) < 4.78 is 5.16. The quantitative estimate of drug-likeness (QED) is 0.618. The van der Waals surface area contributed by atoms with Crippen molar-refractivity contribution >= 4 is 22.4 Å². The van der Waals surface area contributed by atoms with E-state index in [2.05, 4.69) is 17.4 Å². The Balaban J connectivity index is 1.51. The van der Waals surface area contributed by atoms with E-state index in [0.717, 1.165) is 29.5 Å². The minimum atomic E-state index is -0.524. The van der Waals surface area contributed by atoms with Crippen LogP contribution in [0.15, 0.2) is 60.7 Å². The van der Waals surface area contributed by atoms with Gasteiger partial charge in [0.25, 0.3) is 0 Å². The van der Waals surface area contributed by atoms with Gasteiger partial charge in [0.2, 0.25) is 0 Å². The summed E-state index contributed by atoms with van der Waals surface area (Å²) in [5, 5.41) is 16.6. The van der Waals surface area contributed by atoms with Gasteiger partial charge < -0.3 is 15.2 Å². The monoisotopic (exact) mass is 355 g/mol. The fourth-order valence-electron chi connectivity index (χ4n) is 2.87. The van der Waals surface area contributed by atoms with Gasteiger partial charge in [-0.2, -0.15) is 0 Å². The average Bonchev–Trinajstić information content (AvgIpc) is 2.64. The van der Waals surface area contributed by atoms with Crippen LogP contribution in [0.25, 0.3) is 10.8 Å². The lowest BCUT2D eigenvalue weighted by Crippen LogP contribution is -2.23. The van der Waals surface area contributed by atoms with Gasteiger partial charge in [0.05, 0.1) is 18.2 Å². The summed E-state index contributed by atoms with van der Waals surface area (Å²) in [5.41, 5.74) is 2.07. The van der Waals surface area contributed by atoms with Crippen molar-refractivity contribution < 1.29 is 9.84 Å². The first kappa shape index (κ1) is 17.7. The smallest absolute Gasteiger partial charge is 0.137 e. The molecule has 1 atom stereocenters. The lowest BCUT2D eigenvalue weighted by atomic mass is 10.0. The van der Waals surface area contributed by atoms with Crippen molar-refractivity contribution in [3.8, 4) is 5.75 Å². The van der Waals surface area contributed by atoms with Gasteiger partial charge in [0.15, 0.2) is 0 Å². The minimum absolute atomic E-state index is 0.516. The highest BCUT2D eigenvalue weighted by atomic mass is 35.5. The second-order valence-corrected chi connectivity index (χ2v) is 6.45. The van der Waals surface area contributed by atoms with Gasteiger partial charge in [-0.1, -0.05) is 54.1 Å². The largest absolute Gasteiger partial charge is 0.495 e. The van der Waals surface area contributed by atoms with E-state index in [1.165, 1.54) is 5.39 Å². The van der Waals surface area contributed by atoms with Crippen LogP contribution < -0.4 is 10.1 Å². The number of benzene rings is 3. The van der Waals surface area contributed by atoms with Gasteiger partial charge in [-0.15, -0.1) is 0 Å². The second-order valence-electron chi connectivity index (χ2n) is 6.05. The summed E-state index contributed by atoms with van der Waals surface area (Å²) >= 11 is 6.14. The number of nitrogens with one attached hydrogen (secondary N) is 1. The molecule has 3 nitrogen and oxygen atoms in total. The number of hydrogen-bond donors (Lipinski definition) is 2. The summed E-state index contributed by atoms with van der Waals surface area (Å²) in [6.45, 7) is 1.29. The van der Waals surface area contributed by atoms with Crippen LogP contribution in [0.5, 0.6) is 5.75 Å². The van der Waals surface area contributed by atoms with Crippen LogP contribution in [0, 0.1) is 0 Å². The van der Waals surface area contributed by atoms with E-state index < -0.39 is 6.10 Å². The molecule has 0 aliphatic rings. The molecule has 3 rings (SSSR count). The maximum atomic E-state index is 10.4. The highest BCUT2D eigenvalue weighted by Gasteiger charge is 2.08. The van der Waals surface area contributed by atoms with Crippen LogP contribution in [0.3, 0.4) is 0 Å². The first-order valence-corrected chi connectivity index (χ1v) is 8.75. The predicted molar refractivity (Wildman–Crippen MR) is 103 cm³/mol. The highest BCUT2D eigenvalue weighted by Crippen LogP contribution is 2.25. The van der Waals surface area contributed by atoms with Crippen LogP contribution in [-0.2, 0) is 6.42 Å². The molecule has 0 spiro atoms. The Morgan fingerprint density at radius 2 is 1.84 bits per heavy atom. The third-order valence-electron chi connectivity index (χ3n) is 4.30. The van der Waals surface area contributed by atoms with Crippen LogP contribution in [0.1, 0.15) is 17.2 Å². The van der Waals surface area contributed by atoms with E-state index in [1.807, 2.05) is 48.5 Å². The van der Waals surface area contributed by atoms with Crippen LogP contribution in [0.4, 0.5) is 0 Å². The van der Waals surface area contributed by atoms with E-state index in [4.69, 9.17) is 16.3 Å². The maximum Gasteiger partial charge on any atom is 0.137 e. The number of aliphatic hydroxyl groups excluding tert-OH is 1. The van der Waals surface area contributed by atoms with Gasteiger partial charge in [0.1, 0.15) is 5.75 Å². The molecular weight excluding hydrogens is 334 g/mol. The molecule has 1 unspecified atom stereocenters. The number of fused-ring (bicyclic) bond motifs is 1. The zero-order valence-corrected chi connectivity index (χ0v) is 15.0. The number of aliphatic hydroxyl groups is 1. The Morgan fingerprint density at radius 3 is 2.60 bits per heavy atom. The number of methoxy groups -OCH3 is 1. The summed E-state index contributed by atoms with van der Waals surface area (Å²) in [6, 6.07) is 20.0. The van der Waals surface area contributed by atoms with Gasteiger partial charge in [-0.3, -0.25) is 0 Å². The molecule has 3 aromatic carbocycles. The first-order valence-electron chi connectivity index (χ1n) is 8.37. The molecule has 0 aliphatic heterocycles. The van der Waals surface area contributed by atoms with Gasteiger partial charge in [-0.05, 0) is 53.1 Å². The molecule has 0 amide bonds. The lowest BCUT2D eigenvalue weighted by Gasteiger charge is -2.13. The fourth-order valence-corrected chi connectivity index (χ4v) is 3.15. The summed E-state index contributed by atoms with van der Waals surface area (Å²) in [5.74, 6) is 0.685. The standard InChI is InChI=1S/C21H22ClNO2/c1-25-21-9-6-15(12-19(21)22)10-11-23-14-20(24)18-8-7-16-4-2-3-5-17(16)13-18/h2-9,12-13,20,23-24H,10-11,14H2,1H3. The summed E-state index contributed by atoms with van der Waals surface area (Å²) in [6.07, 6.45) is 0.317. The third kappa shape index (κ3) is 4.51. The van der Waals surface area contributed by atoms with Gasteiger partial charge >= 0.3 is 0 Å². The molecule has 0 aromatic heterocycles. The SMILES string of the molecule is COc1ccc(CCNCC(O)c2ccc3ccccc3c2)cc1Cl. The number of hydrogen-bond acceptors (Lipinski definition) is 3. The van der Waals surface area contributed by atoms with Crippen molar-refractivity contribution in [3.63, 3.8) is 0 Å². The zero-order valence-electron chi connectivity index (χ0n) is 14.2. The van der Waals surface area contributed by atoms with E-state index in [-0.39, 0.29) is 0 Å². The molecule has 25 heavy (non-hydrogen) atoms. The Kier molecular flexibility index (Phi) is 5.92. The molecule has 0 saturated carbocycles. The third-order valence-corrected chi connectivity index (χ3v) is 4.60. The van der Waals surface area contributed by atoms with Crippen molar-refractivity contribution in [2.75, 3.05) is 20.2 Å². The van der Waals surface area contributed by atoms with Gasteiger partial charge in [0, 0.05) is 6.54 Å². The number of rotatable bonds is 7. The molecule has 3 aromatic rings. The summed E-state index contributed by atoms with van der Waals surface area (Å²) in [7, 11) is 1.61. The molecule has 0 aliphatic carbocycles. The minimum Gasteiger partial charge on any atom is -0.495 e. The van der Waals surface area contributed by atoms with E-state index in [0.29, 0.717) is 17.3 Å². The van der Waals surface area contributed by atoms with Crippen molar-refractivity contribution in [1.29, 1.82) is 0 Å². The van der Waals surface area contributed by atoms with Crippen molar-refractivity contribution in [3.05, 3.63) is 76.8 Å². The number of halogens is 1. The second kappa shape index (κ2) is 8.34. The molecule has 0 heterocycles. The summed E-state index contributed by atoms with van der Waals surface area (Å²) in [4.78, 5) is 0. The van der Waals surface area contributed by atoms with Crippen LogP contribution >= 0.6 is 11.6 Å². The van der Waals surface area contributed by atoms with Crippen molar-refractivity contribution in [2.24, 2.45) is 0 Å². The van der Waals surface area contributed by atoms with Crippen LogP contribution in [-0.4, -0.2) is 25.3 Å². The Labute approximate surface area is 153 Å². The zero-order chi connectivity index (χ0) is 17.6. The average molecular weight is 356 g/mol. The molecule has 0 bridgehead atoms. The van der Waals surface area contributed by atoms with E-state index in [9.17, 15) is 5.11 Å². The first-order chi connectivity index (χ1) is 12.2.